The van der Waals surface area contributed by atoms with E-state index < -0.39 is 11.9 Å². The van der Waals surface area contributed by atoms with Gasteiger partial charge in [0.2, 0.25) is 6.79 Å². The maximum absolute atomic E-state index is 12.2. The largest absolute Gasteiger partial charge is 0.485 e. The zero-order valence-electron chi connectivity index (χ0n) is 20.1. The molecule has 0 aliphatic rings. The number of rotatable bonds is 11. The molecule has 0 N–H and O–H groups in total. The summed E-state index contributed by atoms with van der Waals surface area (Å²) in [6.45, 7) is 9.99. The lowest BCUT2D eigenvalue weighted by molar-refractivity contribution is -0.145. The van der Waals surface area contributed by atoms with Crippen LogP contribution in [0.2, 0.25) is 0 Å². The minimum absolute atomic E-state index is 0.0512. The van der Waals surface area contributed by atoms with Crippen molar-refractivity contribution >= 4 is 34.6 Å². The van der Waals surface area contributed by atoms with Crippen LogP contribution in [0.15, 0.2) is 91.0 Å². The monoisotopic (exact) mass is 486 g/mol. The molecule has 0 amide bonds. The summed E-state index contributed by atoms with van der Waals surface area (Å²) in [6, 6.07) is 17.5. The predicted molar refractivity (Wildman–Crippen MR) is 137 cm³/mol. The van der Waals surface area contributed by atoms with Crippen molar-refractivity contribution in [3.63, 3.8) is 0 Å². The molecule has 7 nitrogen and oxygen atoms in total. The Morgan fingerprint density at radius 1 is 0.778 bits per heavy atom. The van der Waals surface area contributed by atoms with E-state index in [2.05, 4.69) is 13.2 Å². The van der Waals surface area contributed by atoms with Gasteiger partial charge in [-0.2, -0.15) is 0 Å². The van der Waals surface area contributed by atoms with Crippen LogP contribution >= 0.6 is 0 Å². The van der Waals surface area contributed by atoms with E-state index in [9.17, 15) is 14.4 Å². The highest BCUT2D eigenvalue weighted by molar-refractivity contribution is 5.95. The Balaban J connectivity index is 1.53. The van der Waals surface area contributed by atoms with E-state index in [4.69, 9.17) is 18.9 Å². The average molecular weight is 487 g/mol. The highest BCUT2D eigenvalue weighted by Gasteiger charge is 2.06. The number of esters is 2. The van der Waals surface area contributed by atoms with Gasteiger partial charge in [0.1, 0.15) is 17.2 Å². The Labute approximate surface area is 209 Å². The summed E-state index contributed by atoms with van der Waals surface area (Å²) >= 11 is 0. The van der Waals surface area contributed by atoms with Crippen LogP contribution in [-0.2, 0) is 19.1 Å². The van der Waals surface area contributed by atoms with Crippen molar-refractivity contribution in [2.45, 2.75) is 13.8 Å². The summed E-state index contributed by atoms with van der Waals surface area (Å²) in [4.78, 5) is 35.2. The van der Waals surface area contributed by atoms with Gasteiger partial charge < -0.3 is 18.9 Å². The number of ketones is 1. The van der Waals surface area contributed by atoms with Gasteiger partial charge in [-0.3, -0.25) is 4.79 Å². The minimum atomic E-state index is -0.537. The smallest absolute Gasteiger partial charge is 0.336 e. The molecule has 0 heterocycles. The van der Waals surface area contributed by atoms with Crippen molar-refractivity contribution in [2.24, 2.45) is 0 Å². The minimum Gasteiger partial charge on any atom is -0.485 e. The number of hydrogen-bond donors (Lipinski definition) is 0. The standard InChI is InChI=1S/C29H26O7/c1-19(2)27(30)17-33-26-9-8-22-15-21(5-7-23(22)16-26)6-14-28(31)36-25-12-10-24(11-13-25)34-18-35-29(32)20(3)4/h5-16H,1,3,17-18H2,2,4H3/b14-6+. The van der Waals surface area contributed by atoms with Gasteiger partial charge in [-0.05, 0) is 84.3 Å². The van der Waals surface area contributed by atoms with Crippen molar-refractivity contribution in [3.05, 3.63) is 96.6 Å². The molecule has 0 spiro atoms. The molecule has 36 heavy (non-hydrogen) atoms. The Morgan fingerprint density at radius 2 is 1.42 bits per heavy atom. The number of hydrogen-bond acceptors (Lipinski definition) is 7. The summed E-state index contributed by atoms with van der Waals surface area (Å²) in [5.74, 6) is 0.162. The highest BCUT2D eigenvalue weighted by Crippen LogP contribution is 2.23. The quantitative estimate of drug-likeness (QED) is 0.154. The zero-order chi connectivity index (χ0) is 26.1. The third-order valence-electron chi connectivity index (χ3n) is 4.90. The second kappa shape index (κ2) is 12.2. The first-order chi connectivity index (χ1) is 17.2. The summed E-state index contributed by atoms with van der Waals surface area (Å²) in [6.07, 6.45) is 2.99. The average Bonchev–Trinajstić information content (AvgIpc) is 2.86. The highest BCUT2D eigenvalue weighted by atomic mass is 16.7. The van der Waals surface area contributed by atoms with Crippen LogP contribution in [-0.4, -0.2) is 31.1 Å². The third-order valence-corrected chi connectivity index (χ3v) is 4.90. The molecule has 0 fully saturated rings. The van der Waals surface area contributed by atoms with Gasteiger partial charge in [0.05, 0.1) is 0 Å². The predicted octanol–water partition coefficient (Wildman–Crippen LogP) is 5.44. The van der Waals surface area contributed by atoms with Crippen LogP contribution in [0.25, 0.3) is 16.8 Å². The maximum Gasteiger partial charge on any atom is 0.336 e. The van der Waals surface area contributed by atoms with Crippen molar-refractivity contribution in [2.75, 3.05) is 13.4 Å². The van der Waals surface area contributed by atoms with E-state index in [-0.39, 0.29) is 24.8 Å². The fourth-order valence-corrected chi connectivity index (χ4v) is 2.90. The van der Waals surface area contributed by atoms with Gasteiger partial charge >= 0.3 is 11.9 Å². The molecule has 7 heteroatoms. The molecule has 0 saturated heterocycles. The van der Waals surface area contributed by atoms with Crippen LogP contribution in [0.4, 0.5) is 0 Å². The van der Waals surface area contributed by atoms with Gasteiger partial charge in [0, 0.05) is 11.6 Å². The van der Waals surface area contributed by atoms with Gasteiger partial charge in [-0.15, -0.1) is 0 Å². The summed E-state index contributed by atoms with van der Waals surface area (Å²) in [5.41, 5.74) is 1.55. The number of carbonyl (C=O) groups excluding carboxylic acids is 3. The molecule has 184 valence electrons. The van der Waals surface area contributed by atoms with E-state index in [1.807, 2.05) is 30.3 Å². The van der Waals surface area contributed by atoms with Gasteiger partial charge in [0.25, 0.3) is 0 Å². The first kappa shape index (κ1) is 26.0. The Hall–Kier alpha value is -4.65. The van der Waals surface area contributed by atoms with Crippen LogP contribution in [0.3, 0.4) is 0 Å². The first-order valence-corrected chi connectivity index (χ1v) is 11.0. The molecule has 0 aliphatic carbocycles. The normalized spacial score (nSPS) is 10.6. The van der Waals surface area contributed by atoms with Crippen LogP contribution in [0.1, 0.15) is 19.4 Å². The molecule has 0 atom stereocenters. The summed E-state index contributed by atoms with van der Waals surface area (Å²) in [5, 5.41) is 1.89. The Kier molecular flexibility index (Phi) is 8.78. The SMILES string of the molecule is C=C(C)C(=O)COc1ccc2cc(/C=C/C(=O)Oc3ccc(OCOC(=O)C(=C)C)cc3)ccc2c1. The molecule has 3 aromatic rings. The number of fused-ring (bicyclic) bond motifs is 1. The number of Topliss-reactive ketones (excluding diaryl/α,β-unsaturated/α-hetero) is 1. The summed E-state index contributed by atoms with van der Waals surface area (Å²) in [7, 11) is 0. The van der Waals surface area contributed by atoms with E-state index in [1.54, 1.807) is 50.3 Å². The van der Waals surface area contributed by atoms with Crippen molar-refractivity contribution in [3.8, 4) is 17.2 Å². The number of benzene rings is 3. The van der Waals surface area contributed by atoms with Crippen molar-refractivity contribution in [1.82, 2.24) is 0 Å². The first-order valence-electron chi connectivity index (χ1n) is 11.0. The molecule has 0 saturated carbocycles. The third kappa shape index (κ3) is 7.70. The molecule has 0 aromatic heterocycles. The number of ether oxygens (including phenoxy) is 4. The molecular weight excluding hydrogens is 460 g/mol. The van der Waals surface area contributed by atoms with Gasteiger partial charge in [-0.25, -0.2) is 9.59 Å². The molecule has 3 aromatic carbocycles. The molecule has 3 rings (SSSR count). The fraction of sp³-hybridized carbons (Fsp3) is 0.138. The number of carbonyl (C=O) groups is 3. The van der Waals surface area contributed by atoms with E-state index >= 15 is 0 Å². The molecular formula is C29H26O7. The Bertz CT molecular complexity index is 1330. The molecule has 0 aliphatic heterocycles. The van der Waals surface area contributed by atoms with Crippen LogP contribution in [0, 0.1) is 0 Å². The van der Waals surface area contributed by atoms with E-state index in [0.29, 0.717) is 22.8 Å². The van der Waals surface area contributed by atoms with Gasteiger partial charge in [-0.1, -0.05) is 31.4 Å². The van der Waals surface area contributed by atoms with Gasteiger partial charge in [0.15, 0.2) is 12.4 Å². The van der Waals surface area contributed by atoms with Crippen LogP contribution < -0.4 is 14.2 Å². The lowest BCUT2D eigenvalue weighted by atomic mass is 10.1. The second-order valence-electron chi connectivity index (χ2n) is 7.96. The lowest BCUT2D eigenvalue weighted by Gasteiger charge is -2.08. The fourth-order valence-electron chi connectivity index (χ4n) is 2.90. The van der Waals surface area contributed by atoms with E-state index in [1.165, 1.54) is 6.08 Å². The van der Waals surface area contributed by atoms with Crippen LogP contribution in [0.5, 0.6) is 17.2 Å². The topological polar surface area (TPSA) is 88.1 Å². The second-order valence-corrected chi connectivity index (χ2v) is 7.96. The summed E-state index contributed by atoms with van der Waals surface area (Å²) < 4.78 is 21.0. The molecule has 0 unspecified atom stereocenters. The molecule has 0 bridgehead atoms. The van der Waals surface area contributed by atoms with Crippen molar-refractivity contribution in [1.29, 1.82) is 0 Å². The zero-order valence-corrected chi connectivity index (χ0v) is 20.1. The lowest BCUT2D eigenvalue weighted by Crippen LogP contribution is -2.11. The Morgan fingerprint density at radius 3 is 2.11 bits per heavy atom. The maximum atomic E-state index is 12.2. The van der Waals surface area contributed by atoms with Crippen molar-refractivity contribution < 1.29 is 33.3 Å². The van der Waals surface area contributed by atoms with E-state index in [0.717, 1.165) is 16.3 Å². The molecule has 0 radical (unpaired) electrons.